The van der Waals surface area contributed by atoms with Crippen LogP contribution in [0.25, 0.3) is 21.7 Å². The molecule has 1 N–H and O–H groups in total. The molecule has 5 aromatic rings. The third-order valence-corrected chi connectivity index (χ3v) is 6.18. The molecule has 190 valence electrons. The zero-order valence-corrected chi connectivity index (χ0v) is 20.7. The molecule has 0 spiro atoms. The number of carbonyl (C=O) groups is 2. The zero-order chi connectivity index (χ0) is 26.5. The van der Waals surface area contributed by atoms with Gasteiger partial charge in [-0.2, -0.15) is 0 Å². The van der Waals surface area contributed by atoms with E-state index in [9.17, 15) is 14.4 Å². The lowest BCUT2D eigenvalue weighted by Crippen LogP contribution is -2.44. The molecular weight excluding hydrogens is 482 g/mol. The average Bonchev–Trinajstić information content (AvgIpc) is 2.92. The van der Waals surface area contributed by atoms with E-state index >= 15 is 0 Å². The first-order valence-electron chi connectivity index (χ1n) is 12.2. The van der Waals surface area contributed by atoms with Gasteiger partial charge >= 0.3 is 17.7 Å². The molecule has 7 heteroatoms. The second kappa shape index (κ2) is 11.0. The minimum absolute atomic E-state index is 0.0661. The van der Waals surface area contributed by atoms with Crippen LogP contribution >= 0.6 is 0 Å². The minimum Gasteiger partial charge on any atom is -0.445 e. The number of hydrogen-bond donors (Lipinski definition) is 1. The number of ether oxygens (including phenoxy) is 2. The largest absolute Gasteiger partial charge is 0.445 e. The summed E-state index contributed by atoms with van der Waals surface area (Å²) < 4.78 is 16.5. The van der Waals surface area contributed by atoms with Crippen LogP contribution in [0.1, 0.15) is 16.7 Å². The van der Waals surface area contributed by atoms with Crippen molar-refractivity contribution in [2.24, 2.45) is 0 Å². The second-order valence-electron chi connectivity index (χ2n) is 8.92. The molecule has 1 amide bonds. The normalized spacial score (nSPS) is 11.7. The van der Waals surface area contributed by atoms with Crippen molar-refractivity contribution in [3.63, 3.8) is 0 Å². The molecular formula is C31H25NO6. The molecule has 0 aliphatic heterocycles. The summed E-state index contributed by atoms with van der Waals surface area (Å²) in [5, 5.41) is 4.64. The molecule has 5 rings (SSSR count). The number of rotatable bonds is 7. The van der Waals surface area contributed by atoms with E-state index in [0.29, 0.717) is 11.0 Å². The van der Waals surface area contributed by atoms with Crippen molar-refractivity contribution in [3.8, 4) is 5.75 Å². The fraction of sp³-hybridized carbons (Fsp3) is 0.129. The Hall–Kier alpha value is -4.91. The average molecular weight is 508 g/mol. The van der Waals surface area contributed by atoms with E-state index in [0.717, 1.165) is 27.5 Å². The minimum atomic E-state index is -1.01. The lowest BCUT2D eigenvalue weighted by atomic mass is 10.0. The van der Waals surface area contributed by atoms with E-state index < -0.39 is 23.7 Å². The Morgan fingerprint density at radius 2 is 1.47 bits per heavy atom. The van der Waals surface area contributed by atoms with E-state index in [4.69, 9.17) is 13.9 Å². The number of carbonyl (C=O) groups excluding carboxylic acids is 2. The lowest BCUT2D eigenvalue weighted by Gasteiger charge is -2.18. The maximum absolute atomic E-state index is 13.3. The summed E-state index contributed by atoms with van der Waals surface area (Å²) in [6.07, 6.45) is -0.536. The second-order valence-corrected chi connectivity index (χ2v) is 8.92. The van der Waals surface area contributed by atoms with Gasteiger partial charge < -0.3 is 19.2 Å². The lowest BCUT2D eigenvalue weighted by molar-refractivity contribution is -0.136. The highest BCUT2D eigenvalue weighted by Gasteiger charge is 2.25. The van der Waals surface area contributed by atoms with Crippen molar-refractivity contribution in [1.29, 1.82) is 0 Å². The Bertz CT molecular complexity index is 1660. The van der Waals surface area contributed by atoms with Crippen LogP contribution in [0, 0.1) is 6.92 Å². The number of fused-ring (bicyclic) bond motifs is 3. The number of aryl methyl sites for hydroxylation is 1. The molecule has 0 saturated heterocycles. The van der Waals surface area contributed by atoms with E-state index in [-0.39, 0.29) is 18.8 Å². The number of nitrogens with one attached hydrogen (secondary N) is 1. The summed E-state index contributed by atoms with van der Waals surface area (Å²) in [7, 11) is 0. The number of amides is 1. The molecule has 0 aliphatic rings. The van der Waals surface area contributed by atoms with Crippen LogP contribution in [0.4, 0.5) is 4.79 Å². The molecule has 7 nitrogen and oxygen atoms in total. The van der Waals surface area contributed by atoms with E-state index in [1.165, 1.54) is 6.07 Å². The Morgan fingerprint density at radius 1 is 0.842 bits per heavy atom. The molecule has 0 fully saturated rings. The van der Waals surface area contributed by atoms with Gasteiger partial charge in [0.1, 0.15) is 24.0 Å². The highest BCUT2D eigenvalue weighted by Crippen LogP contribution is 2.30. The Kier molecular flexibility index (Phi) is 7.17. The van der Waals surface area contributed by atoms with E-state index in [1.807, 2.05) is 79.7 Å². The van der Waals surface area contributed by atoms with Gasteiger partial charge in [0.2, 0.25) is 0 Å². The summed E-state index contributed by atoms with van der Waals surface area (Å²) in [4.78, 5) is 38.3. The zero-order valence-electron chi connectivity index (χ0n) is 20.7. The maximum Gasteiger partial charge on any atom is 0.408 e. The maximum atomic E-state index is 13.3. The van der Waals surface area contributed by atoms with Gasteiger partial charge in [-0.3, -0.25) is 0 Å². The van der Waals surface area contributed by atoms with Gasteiger partial charge in [0, 0.05) is 23.3 Å². The Balaban J connectivity index is 1.38. The predicted octanol–water partition coefficient (Wildman–Crippen LogP) is 5.70. The quantitative estimate of drug-likeness (QED) is 0.131. The van der Waals surface area contributed by atoms with Crippen LogP contribution in [0.5, 0.6) is 5.75 Å². The molecule has 0 saturated carbocycles. The first kappa shape index (κ1) is 24.8. The van der Waals surface area contributed by atoms with Crippen LogP contribution in [0.2, 0.25) is 0 Å². The molecule has 38 heavy (non-hydrogen) atoms. The SMILES string of the molecule is Cc1cc(OC(=O)C(Cc2ccccc2)NC(=O)OCc2ccccc2)cc2oc(=O)c3ccccc3c12. The number of esters is 1. The van der Waals surface area contributed by atoms with Gasteiger partial charge in [-0.25, -0.2) is 14.4 Å². The summed E-state index contributed by atoms with van der Waals surface area (Å²) in [6.45, 7) is 1.92. The van der Waals surface area contributed by atoms with Gasteiger partial charge in [-0.1, -0.05) is 78.9 Å². The van der Waals surface area contributed by atoms with Gasteiger partial charge in [-0.05, 0) is 35.7 Å². The van der Waals surface area contributed by atoms with Gasteiger partial charge in [0.15, 0.2) is 0 Å². The molecule has 0 radical (unpaired) electrons. The molecule has 0 bridgehead atoms. The molecule has 4 aromatic carbocycles. The van der Waals surface area contributed by atoms with Crippen molar-refractivity contribution in [1.82, 2.24) is 5.32 Å². The number of hydrogen-bond acceptors (Lipinski definition) is 6. The first-order valence-corrected chi connectivity index (χ1v) is 12.2. The summed E-state index contributed by atoms with van der Waals surface area (Å²) in [6, 6.07) is 28.0. The number of alkyl carbamates (subject to hydrolysis) is 1. The summed E-state index contributed by atoms with van der Waals surface area (Å²) >= 11 is 0. The van der Waals surface area contributed by atoms with Crippen LogP contribution in [0.3, 0.4) is 0 Å². The third kappa shape index (κ3) is 5.57. The van der Waals surface area contributed by atoms with Crippen LogP contribution < -0.4 is 15.7 Å². The standard InChI is InChI=1S/C31H25NO6/c1-20-16-23(18-27-28(20)24-14-8-9-15-25(24)29(33)38-27)37-30(34)26(17-21-10-4-2-5-11-21)32-31(35)36-19-22-12-6-3-7-13-22/h2-16,18,26H,17,19H2,1H3,(H,32,35). The molecule has 1 aromatic heterocycles. The monoisotopic (exact) mass is 507 g/mol. The van der Waals surface area contributed by atoms with Crippen molar-refractivity contribution in [2.45, 2.75) is 26.0 Å². The Labute approximate surface area is 218 Å². The predicted molar refractivity (Wildman–Crippen MR) is 144 cm³/mol. The number of benzene rings is 4. The molecule has 0 aliphatic carbocycles. The van der Waals surface area contributed by atoms with E-state index in [1.54, 1.807) is 18.2 Å². The van der Waals surface area contributed by atoms with Gasteiger partial charge in [0.25, 0.3) is 0 Å². The van der Waals surface area contributed by atoms with Crippen LogP contribution in [0.15, 0.2) is 106 Å². The Morgan fingerprint density at radius 3 is 2.18 bits per heavy atom. The smallest absolute Gasteiger partial charge is 0.408 e. The van der Waals surface area contributed by atoms with E-state index in [2.05, 4.69) is 5.32 Å². The third-order valence-electron chi connectivity index (χ3n) is 6.18. The van der Waals surface area contributed by atoms with Crippen LogP contribution in [-0.2, 0) is 22.6 Å². The topological polar surface area (TPSA) is 94.8 Å². The van der Waals surface area contributed by atoms with Crippen molar-refractivity contribution < 1.29 is 23.5 Å². The van der Waals surface area contributed by atoms with Crippen LogP contribution in [-0.4, -0.2) is 18.1 Å². The molecule has 1 unspecified atom stereocenters. The highest BCUT2D eigenvalue weighted by atomic mass is 16.6. The first-order chi connectivity index (χ1) is 18.5. The van der Waals surface area contributed by atoms with Gasteiger partial charge in [0.05, 0.1) is 5.39 Å². The highest BCUT2D eigenvalue weighted by molar-refractivity contribution is 6.06. The molecule has 1 atom stereocenters. The van der Waals surface area contributed by atoms with Crippen molar-refractivity contribution >= 4 is 33.8 Å². The van der Waals surface area contributed by atoms with Crippen molar-refractivity contribution in [2.75, 3.05) is 0 Å². The molecule has 1 heterocycles. The van der Waals surface area contributed by atoms with Gasteiger partial charge in [-0.15, -0.1) is 0 Å². The summed E-state index contributed by atoms with van der Waals surface area (Å²) in [5.74, 6) is -0.469. The van der Waals surface area contributed by atoms with Crippen molar-refractivity contribution in [3.05, 3.63) is 124 Å². The summed E-state index contributed by atoms with van der Waals surface area (Å²) in [5.41, 5.74) is 2.28. The fourth-order valence-corrected chi connectivity index (χ4v) is 4.38. The fourth-order valence-electron chi connectivity index (χ4n) is 4.38.